The molecule has 40 heavy (non-hydrogen) atoms. The Hall–Kier alpha value is -5.00. The Morgan fingerprint density at radius 1 is 1.07 bits per heavy atom. The molecule has 5 aromatic rings. The number of fused-ring (bicyclic) bond motifs is 1. The molecule has 0 aliphatic carbocycles. The van der Waals surface area contributed by atoms with Crippen LogP contribution in [0.25, 0.3) is 11.0 Å². The van der Waals surface area contributed by atoms with Crippen molar-refractivity contribution in [2.45, 2.75) is 46.2 Å². The summed E-state index contributed by atoms with van der Waals surface area (Å²) in [6.07, 6.45) is 1.81. The molecule has 0 unspecified atom stereocenters. The van der Waals surface area contributed by atoms with E-state index in [1.54, 1.807) is 27.4 Å². The average molecular weight is 543 g/mol. The van der Waals surface area contributed by atoms with Crippen molar-refractivity contribution in [3.8, 4) is 5.75 Å². The lowest BCUT2D eigenvalue weighted by molar-refractivity contribution is 0.0995. The Labute approximate surface area is 230 Å². The number of nitrogens with zero attached hydrogens (tertiary/aromatic N) is 6. The molecule has 5 rings (SSSR count). The van der Waals surface area contributed by atoms with Crippen LogP contribution >= 0.6 is 0 Å². The van der Waals surface area contributed by atoms with Crippen molar-refractivity contribution in [1.29, 1.82) is 0 Å². The van der Waals surface area contributed by atoms with Gasteiger partial charge in [0.15, 0.2) is 5.82 Å². The number of imidazole rings is 1. The number of nitrogens with two attached hydrogens (primary N) is 1. The van der Waals surface area contributed by atoms with Crippen LogP contribution in [-0.4, -0.2) is 48.4 Å². The number of anilines is 1. The van der Waals surface area contributed by atoms with Crippen LogP contribution in [0.15, 0.2) is 53.1 Å². The normalized spacial score (nSPS) is 11.2. The lowest BCUT2D eigenvalue weighted by Gasteiger charge is -2.12. The summed E-state index contributed by atoms with van der Waals surface area (Å²) in [4.78, 5) is 34.4. The monoisotopic (exact) mass is 542 g/mol. The zero-order valence-electron chi connectivity index (χ0n) is 22.5. The minimum atomic E-state index is -0.613. The first-order chi connectivity index (χ1) is 19.4. The largest absolute Gasteiger partial charge is 0.494 e. The highest BCUT2D eigenvalue weighted by atomic mass is 16.5. The van der Waals surface area contributed by atoms with Crippen LogP contribution in [-0.2, 0) is 32.4 Å². The topological polar surface area (TPSA) is 156 Å². The number of aryl methyl sites for hydroxylation is 6. The van der Waals surface area contributed by atoms with Gasteiger partial charge in [-0.15, -0.1) is 0 Å². The fourth-order valence-electron chi connectivity index (χ4n) is 4.58. The number of carbonyl (C=O) groups excluding carboxylic acids is 2. The third-order valence-corrected chi connectivity index (χ3v) is 6.51. The van der Waals surface area contributed by atoms with E-state index in [-0.39, 0.29) is 17.4 Å². The molecule has 0 aliphatic heterocycles. The molecule has 3 heterocycles. The van der Waals surface area contributed by atoms with Crippen LogP contribution < -0.4 is 15.8 Å². The van der Waals surface area contributed by atoms with E-state index in [0.717, 1.165) is 12.1 Å². The van der Waals surface area contributed by atoms with Crippen molar-refractivity contribution in [3.05, 3.63) is 82.8 Å². The summed E-state index contributed by atoms with van der Waals surface area (Å²) in [7, 11) is 1.50. The third kappa shape index (κ3) is 5.55. The molecule has 2 amide bonds. The highest BCUT2D eigenvalue weighted by Crippen LogP contribution is 2.31. The number of primary amides is 1. The lowest BCUT2D eigenvalue weighted by atomic mass is 10.1. The smallest absolute Gasteiger partial charge is 0.276 e. The first-order valence-electron chi connectivity index (χ1n) is 13.0. The minimum Gasteiger partial charge on any atom is -0.494 e. The molecule has 0 fully saturated rings. The molecule has 3 N–H and O–H groups in total. The molecule has 0 bridgehead atoms. The quantitative estimate of drug-likeness (QED) is 0.257. The molecule has 12 heteroatoms. The molecular weight excluding hydrogens is 512 g/mol. The maximum atomic E-state index is 13.3. The summed E-state index contributed by atoms with van der Waals surface area (Å²) in [6.45, 7) is 4.62. The Morgan fingerprint density at radius 3 is 2.60 bits per heavy atom. The van der Waals surface area contributed by atoms with E-state index in [4.69, 9.17) is 15.0 Å². The molecule has 206 valence electrons. The summed E-state index contributed by atoms with van der Waals surface area (Å²) in [5, 5.41) is 11.4. The Kier molecular flexibility index (Phi) is 7.58. The first-order valence-corrected chi connectivity index (χ1v) is 13.0. The van der Waals surface area contributed by atoms with Crippen LogP contribution in [0.5, 0.6) is 5.75 Å². The highest BCUT2D eigenvalue weighted by Gasteiger charge is 2.22. The number of amides is 2. The van der Waals surface area contributed by atoms with Crippen molar-refractivity contribution in [2.75, 3.05) is 12.4 Å². The van der Waals surface area contributed by atoms with Gasteiger partial charge in [0.05, 0.1) is 18.3 Å². The second-order valence-electron chi connectivity index (χ2n) is 9.28. The van der Waals surface area contributed by atoms with Gasteiger partial charge in [-0.2, -0.15) is 10.1 Å². The number of nitrogens with one attached hydrogen (secondary N) is 1. The number of rotatable bonds is 11. The van der Waals surface area contributed by atoms with Crippen LogP contribution in [0.4, 0.5) is 5.95 Å². The second-order valence-corrected chi connectivity index (χ2v) is 9.28. The van der Waals surface area contributed by atoms with Gasteiger partial charge in [-0.05, 0) is 44.0 Å². The predicted molar refractivity (Wildman–Crippen MR) is 147 cm³/mol. The molecular formula is C28H30N8O4. The summed E-state index contributed by atoms with van der Waals surface area (Å²) in [6, 6.07) is 14.9. The molecule has 0 radical (unpaired) electrons. The standard InChI is InChI=1S/C28H30N8O4/c1-4-36-21(14-17(2)33-36)27(38)32-28-30-20-15-19(26(29)37)16-22(39-3)25(20)35(28)13-12-23-31-24(40-34-23)11-10-18-8-6-5-7-9-18/h5-9,14-16H,4,10-13H2,1-3H3,(H2,29,37)(H,30,32,38). The van der Waals surface area contributed by atoms with Gasteiger partial charge in [0, 0.05) is 31.5 Å². The fraction of sp³-hybridized carbons (Fsp3) is 0.286. The highest BCUT2D eigenvalue weighted by molar-refractivity contribution is 6.04. The van der Waals surface area contributed by atoms with Gasteiger partial charge in [0.2, 0.25) is 17.7 Å². The second kappa shape index (κ2) is 11.4. The molecule has 0 saturated heterocycles. The van der Waals surface area contributed by atoms with E-state index in [9.17, 15) is 9.59 Å². The van der Waals surface area contributed by atoms with E-state index in [0.29, 0.717) is 60.1 Å². The molecule has 0 atom stereocenters. The van der Waals surface area contributed by atoms with Gasteiger partial charge in [0.1, 0.15) is 17.0 Å². The summed E-state index contributed by atoms with van der Waals surface area (Å²) >= 11 is 0. The zero-order chi connectivity index (χ0) is 28.2. The van der Waals surface area contributed by atoms with Gasteiger partial charge < -0.3 is 19.6 Å². The summed E-state index contributed by atoms with van der Waals surface area (Å²) in [5.74, 6) is 0.761. The number of hydrogen-bond acceptors (Lipinski definition) is 8. The number of aromatic nitrogens is 6. The Morgan fingerprint density at radius 2 is 1.88 bits per heavy atom. The third-order valence-electron chi connectivity index (χ3n) is 6.51. The van der Waals surface area contributed by atoms with Crippen molar-refractivity contribution in [2.24, 2.45) is 5.73 Å². The van der Waals surface area contributed by atoms with Crippen LogP contribution in [0.3, 0.4) is 0 Å². The van der Waals surface area contributed by atoms with Gasteiger partial charge in [-0.1, -0.05) is 35.5 Å². The number of carbonyl (C=O) groups is 2. The van der Waals surface area contributed by atoms with Crippen LogP contribution in [0.1, 0.15) is 50.7 Å². The molecule has 0 saturated carbocycles. The lowest BCUT2D eigenvalue weighted by Crippen LogP contribution is -2.20. The molecule has 0 aliphatic rings. The zero-order valence-corrected chi connectivity index (χ0v) is 22.5. The van der Waals surface area contributed by atoms with E-state index in [1.165, 1.54) is 12.7 Å². The summed E-state index contributed by atoms with van der Waals surface area (Å²) < 4.78 is 14.5. The number of ether oxygens (including phenoxy) is 1. The van der Waals surface area contributed by atoms with E-state index in [2.05, 4.69) is 37.7 Å². The average Bonchev–Trinajstić information content (AvgIpc) is 3.67. The van der Waals surface area contributed by atoms with Gasteiger partial charge >= 0.3 is 0 Å². The summed E-state index contributed by atoms with van der Waals surface area (Å²) in [5.41, 5.74) is 9.14. The number of methoxy groups -OCH3 is 1. The van der Waals surface area contributed by atoms with Crippen LogP contribution in [0.2, 0.25) is 0 Å². The maximum Gasteiger partial charge on any atom is 0.276 e. The maximum absolute atomic E-state index is 13.3. The number of hydrogen-bond donors (Lipinski definition) is 2. The van der Waals surface area contributed by atoms with Crippen molar-refractivity contribution in [3.63, 3.8) is 0 Å². The van der Waals surface area contributed by atoms with Crippen LogP contribution in [0, 0.1) is 6.92 Å². The van der Waals surface area contributed by atoms with Gasteiger partial charge in [-0.25, -0.2) is 4.98 Å². The Bertz CT molecular complexity index is 1670. The minimum absolute atomic E-state index is 0.243. The van der Waals surface area contributed by atoms with E-state index < -0.39 is 5.91 Å². The molecule has 0 spiro atoms. The molecule has 3 aromatic heterocycles. The van der Waals surface area contributed by atoms with E-state index in [1.807, 2.05) is 32.0 Å². The van der Waals surface area contributed by atoms with Gasteiger partial charge in [0.25, 0.3) is 5.91 Å². The van der Waals surface area contributed by atoms with Gasteiger partial charge in [-0.3, -0.25) is 19.6 Å². The first kappa shape index (κ1) is 26.6. The molecule has 2 aromatic carbocycles. The SMILES string of the molecule is CCn1nc(C)cc1C(=O)Nc1nc2cc(C(N)=O)cc(OC)c2n1CCc1noc(CCc2ccccc2)n1. The molecule has 12 nitrogen and oxygen atoms in total. The van der Waals surface area contributed by atoms with E-state index >= 15 is 0 Å². The van der Waals surface area contributed by atoms with Crippen molar-refractivity contribution >= 4 is 28.8 Å². The van der Waals surface area contributed by atoms with Crippen molar-refractivity contribution < 1.29 is 18.8 Å². The predicted octanol–water partition coefficient (Wildman–Crippen LogP) is 3.33. The fourth-order valence-corrected chi connectivity index (χ4v) is 4.58. The number of benzene rings is 2. The van der Waals surface area contributed by atoms with Crippen molar-refractivity contribution in [1.82, 2.24) is 29.5 Å². The Balaban J connectivity index is 1.43.